The second-order valence-electron chi connectivity index (χ2n) is 4.28. The standard InChI is InChI=1S/C17H12FN/c18-16-10-4-2-7-14(16)12-19-17-11-5-8-13-6-1-3-9-15(13)17/h1-12H. The predicted molar refractivity (Wildman–Crippen MR) is 77.6 cm³/mol. The van der Waals surface area contributed by atoms with E-state index in [0.717, 1.165) is 16.5 Å². The third kappa shape index (κ3) is 2.38. The Balaban J connectivity index is 2.04. The minimum absolute atomic E-state index is 0.258. The summed E-state index contributed by atoms with van der Waals surface area (Å²) in [6.07, 6.45) is 1.57. The average molecular weight is 249 g/mol. The second-order valence-corrected chi connectivity index (χ2v) is 4.28. The molecule has 0 N–H and O–H groups in total. The summed E-state index contributed by atoms with van der Waals surface area (Å²) in [6.45, 7) is 0. The van der Waals surface area contributed by atoms with Crippen LogP contribution in [-0.4, -0.2) is 6.21 Å². The highest BCUT2D eigenvalue weighted by Crippen LogP contribution is 2.25. The number of rotatable bonds is 2. The minimum Gasteiger partial charge on any atom is -0.256 e. The van der Waals surface area contributed by atoms with E-state index < -0.39 is 0 Å². The van der Waals surface area contributed by atoms with Gasteiger partial charge in [0.2, 0.25) is 0 Å². The Morgan fingerprint density at radius 2 is 1.53 bits per heavy atom. The van der Waals surface area contributed by atoms with Gasteiger partial charge in [-0.3, -0.25) is 4.99 Å². The van der Waals surface area contributed by atoms with Crippen LogP contribution in [0.5, 0.6) is 0 Å². The summed E-state index contributed by atoms with van der Waals surface area (Å²) in [4.78, 5) is 4.40. The summed E-state index contributed by atoms with van der Waals surface area (Å²) in [5, 5.41) is 2.20. The molecule has 0 aromatic heterocycles. The fraction of sp³-hybridized carbons (Fsp3) is 0. The third-order valence-corrected chi connectivity index (χ3v) is 3.01. The quantitative estimate of drug-likeness (QED) is 0.582. The SMILES string of the molecule is Fc1ccccc1C=Nc1cccc2ccccc12. The van der Waals surface area contributed by atoms with Crippen molar-refractivity contribution in [2.75, 3.05) is 0 Å². The Labute approximate surface area is 111 Å². The number of hydrogen-bond donors (Lipinski definition) is 0. The predicted octanol–water partition coefficient (Wildman–Crippen LogP) is 4.73. The summed E-state index contributed by atoms with van der Waals surface area (Å²) in [5.74, 6) is -0.258. The fourth-order valence-electron chi connectivity index (χ4n) is 2.04. The first-order valence-corrected chi connectivity index (χ1v) is 6.11. The molecule has 0 heterocycles. The molecule has 19 heavy (non-hydrogen) atoms. The van der Waals surface area contributed by atoms with Gasteiger partial charge in [-0.1, -0.05) is 54.6 Å². The van der Waals surface area contributed by atoms with Crippen molar-refractivity contribution < 1.29 is 4.39 Å². The fourth-order valence-corrected chi connectivity index (χ4v) is 2.04. The Hall–Kier alpha value is -2.48. The summed E-state index contributed by atoms with van der Waals surface area (Å²) < 4.78 is 13.5. The molecule has 3 rings (SSSR count). The van der Waals surface area contributed by atoms with Crippen molar-refractivity contribution in [1.82, 2.24) is 0 Å². The van der Waals surface area contributed by atoms with Crippen LogP contribution in [0.1, 0.15) is 5.56 Å². The largest absolute Gasteiger partial charge is 0.256 e. The molecule has 92 valence electrons. The molecule has 2 heteroatoms. The first-order chi connectivity index (χ1) is 9.34. The van der Waals surface area contributed by atoms with Gasteiger partial charge in [0.05, 0.1) is 5.69 Å². The normalized spacial score (nSPS) is 11.2. The van der Waals surface area contributed by atoms with E-state index in [4.69, 9.17) is 0 Å². The molecule has 0 atom stereocenters. The van der Waals surface area contributed by atoms with Crippen LogP contribution in [-0.2, 0) is 0 Å². The molecule has 0 aliphatic heterocycles. The molecule has 0 unspecified atom stereocenters. The van der Waals surface area contributed by atoms with Crippen molar-refractivity contribution >= 4 is 22.7 Å². The molecule has 0 saturated heterocycles. The van der Waals surface area contributed by atoms with E-state index in [-0.39, 0.29) is 5.82 Å². The maximum Gasteiger partial charge on any atom is 0.131 e. The van der Waals surface area contributed by atoms with Crippen molar-refractivity contribution in [2.45, 2.75) is 0 Å². The lowest BCUT2D eigenvalue weighted by Crippen LogP contribution is -1.86. The number of nitrogens with zero attached hydrogens (tertiary/aromatic N) is 1. The number of halogens is 1. The lowest BCUT2D eigenvalue weighted by atomic mass is 10.1. The van der Waals surface area contributed by atoms with Gasteiger partial charge in [-0.25, -0.2) is 4.39 Å². The highest BCUT2D eigenvalue weighted by molar-refractivity contribution is 5.95. The summed E-state index contributed by atoms with van der Waals surface area (Å²) >= 11 is 0. The molecule has 0 fully saturated rings. The highest BCUT2D eigenvalue weighted by Gasteiger charge is 1.99. The van der Waals surface area contributed by atoms with Gasteiger partial charge in [0.25, 0.3) is 0 Å². The van der Waals surface area contributed by atoms with Gasteiger partial charge in [0, 0.05) is 17.2 Å². The van der Waals surface area contributed by atoms with Gasteiger partial charge in [0.15, 0.2) is 0 Å². The molecular weight excluding hydrogens is 237 g/mol. The van der Waals surface area contributed by atoms with Crippen LogP contribution in [0.25, 0.3) is 10.8 Å². The van der Waals surface area contributed by atoms with E-state index in [1.54, 1.807) is 24.4 Å². The smallest absolute Gasteiger partial charge is 0.131 e. The highest BCUT2D eigenvalue weighted by atomic mass is 19.1. The van der Waals surface area contributed by atoms with Crippen molar-refractivity contribution in [3.05, 3.63) is 78.1 Å². The van der Waals surface area contributed by atoms with Gasteiger partial charge in [0.1, 0.15) is 5.82 Å². The maximum atomic E-state index is 13.5. The molecular formula is C17H12FN. The Kier molecular flexibility index (Phi) is 3.07. The van der Waals surface area contributed by atoms with E-state index in [9.17, 15) is 4.39 Å². The third-order valence-electron chi connectivity index (χ3n) is 3.01. The van der Waals surface area contributed by atoms with Crippen LogP contribution in [0.3, 0.4) is 0 Å². The van der Waals surface area contributed by atoms with Crippen molar-refractivity contribution in [2.24, 2.45) is 4.99 Å². The van der Waals surface area contributed by atoms with Crippen LogP contribution in [0, 0.1) is 5.82 Å². The van der Waals surface area contributed by atoms with Gasteiger partial charge in [-0.2, -0.15) is 0 Å². The molecule has 0 bridgehead atoms. The number of fused-ring (bicyclic) bond motifs is 1. The van der Waals surface area contributed by atoms with E-state index in [2.05, 4.69) is 4.99 Å². The van der Waals surface area contributed by atoms with Gasteiger partial charge >= 0.3 is 0 Å². The monoisotopic (exact) mass is 249 g/mol. The topological polar surface area (TPSA) is 12.4 Å². The minimum atomic E-state index is -0.258. The zero-order valence-electron chi connectivity index (χ0n) is 10.3. The van der Waals surface area contributed by atoms with Crippen LogP contribution in [0.4, 0.5) is 10.1 Å². The molecule has 1 nitrogen and oxygen atoms in total. The summed E-state index contributed by atoms with van der Waals surface area (Å²) in [7, 11) is 0. The van der Waals surface area contributed by atoms with Gasteiger partial charge in [-0.15, -0.1) is 0 Å². The molecule has 0 spiro atoms. The van der Waals surface area contributed by atoms with Crippen molar-refractivity contribution in [1.29, 1.82) is 0 Å². The van der Waals surface area contributed by atoms with Crippen LogP contribution in [0.15, 0.2) is 71.7 Å². The molecule has 0 aliphatic rings. The van der Waals surface area contributed by atoms with Crippen molar-refractivity contribution in [3.63, 3.8) is 0 Å². The Morgan fingerprint density at radius 3 is 2.42 bits per heavy atom. The summed E-state index contributed by atoms with van der Waals surface area (Å²) in [5.41, 5.74) is 1.34. The van der Waals surface area contributed by atoms with Crippen LogP contribution in [0.2, 0.25) is 0 Å². The zero-order chi connectivity index (χ0) is 13.1. The van der Waals surface area contributed by atoms with E-state index >= 15 is 0 Å². The lowest BCUT2D eigenvalue weighted by Gasteiger charge is -2.01. The number of benzene rings is 3. The number of hydrogen-bond acceptors (Lipinski definition) is 1. The van der Waals surface area contributed by atoms with Crippen LogP contribution >= 0.6 is 0 Å². The first-order valence-electron chi connectivity index (χ1n) is 6.11. The van der Waals surface area contributed by atoms with Crippen molar-refractivity contribution in [3.8, 4) is 0 Å². The molecule has 0 radical (unpaired) electrons. The molecule has 0 saturated carbocycles. The Morgan fingerprint density at radius 1 is 0.789 bits per heavy atom. The average Bonchev–Trinajstić information content (AvgIpc) is 2.46. The van der Waals surface area contributed by atoms with Gasteiger partial charge < -0.3 is 0 Å². The Bertz CT molecular complexity index is 742. The van der Waals surface area contributed by atoms with E-state index in [0.29, 0.717) is 5.56 Å². The first kappa shape index (κ1) is 11.6. The van der Waals surface area contributed by atoms with E-state index in [1.165, 1.54) is 6.07 Å². The van der Waals surface area contributed by atoms with Gasteiger partial charge in [-0.05, 0) is 17.5 Å². The molecule has 0 amide bonds. The lowest BCUT2D eigenvalue weighted by molar-refractivity contribution is 0.626. The zero-order valence-corrected chi connectivity index (χ0v) is 10.3. The second kappa shape index (κ2) is 5.02. The molecule has 3 aromatic rings. The maximum absolute atomic E-state index is 13.5. The summed E-state index contributed by atoms with van der Waals surface area (Å²) in [6, 6.07) is 20.6. The molecule has 3 aromatic carbocycles. The molecule has 0 aliphatic carbocycles. The number of aliphatic imine (C=N–C) groups is 1. The van der Waals surface area contributed by atoms with Crippen LogP contribution < -0.4 is 0 Å². The van der Waals surface area contributed by atoms with E-state index in [1.807, 2.05) is 42.5 Å².